The summed E-state index contributed by atoms with van der Waals surface area (Å²) in [5.41, 5.74) is 0.263. The number of rotatable bonds is 6. The monoisotopic (exact) mass is 282 g/mol. The van der Waals surface area contributed by atoms with Crippen molar-refractivity contribution in [3.8, 4) is 0 Å². The van der Waals surface area contributed by atoms with E-state index < -0.39 is 0 Å². The van der Waals surface area contributed by atoms with Crippen molar-refractivity contribution in [1.29, 1.82) is 0 Å². The van der Waals surface area contributed by atoms with Gasteiger partial charge in [0.2, 0.25) is 0 Å². The molecule has 0 radical (unpaired) electrons. The van der Waals surface area contributed by atoms with E-state index in [9.17, 15) is 0 Å². The molecule has 1 saturated heterocycles. The van der Waals surface area contributed by atoms with Crippen LogP contribution in [0.4, 0.5) is 0 Å². The quantitative estimate of drug-likeness (QED) is 0.757. The van der Waals surface area contributed by atoms with E-state index in [1.807, 2.05) is 0 Å². The first-order chi connectivity index (χ1) is 9.56. The lowest BCUT2D eigenvalue weighted by molar-refractivity contribution is -0.0882. The van der Waals surface area contributed by atoms with Gasteiger partial charge in [0.25, 0.3) is 0 Å². The van der Waals surface area contributed by atoms with Crippen LogP contribution in [0.3, 0.4) is 0 Å². The maximum atomic E-state index is 5.94. The fourth-order valence-electron chi connectivity index (χ4n) is 3.53. The van der Waals surface area contributed by atoms with Crippen LogP contribution in [-0.4, -0.2) is 48.8 Å². The van der Waals surface area contributed by atoms with Crippen LogP contribution >= 0.6 is 0 Å². The highest BCUT2D eigenvalue weighted by Crippen LogP contribution is 2.28. The van der Waals surface area contributed by atoms with Gasteiger partial charge in [0.05, 0.1) is 12.7 Å². The van der Waals surface area contributed by atoms with E-state index in [4.69, 9.17) is 4.74 Å². The third-order valence-electron chi connectivity index (χ3n) is 4.62. The van der Waals surface area contributed by atoms with Gasteiger partial charge in [-0.05, 0) is 59.5 Å². The van der Waals surface area contributed by atoms with Crippen molar-refractivity contribution in [3.05, 3.63) is 0 Å². The summed E-state index contributed by atoms with van der Waals surface area (Å²) in [5, 5.41) is 3.57. The predicted octanol–water partition coefficient (Wildman–Crippen LogP) is 3.19. The lowest BCUT2D eigenvalue weighted by Crippen LogP contribution is -2.52. The highest BCUT2D eigenvalue weighted by atomic mass is 16.5. The maximum Gasteiger partial charge on any atom is 0.0730 e. The first-order valence-corrected chi connectivity index (χ1v) is 8.67. The van der Waals surface area contributed by atoms with Crippen molar-refractivity contribution in [2.75, 3.05) is 26.2 Å². The summed E-state index contributed by atoms with van der Waals surface area (Å²) in [7, 11) is 0. The first kappa shape index (κ1) is 16.3. The number of hydrogen-bond donors (Lipinski definition) is 1. The average Bonchev–Trinajstić information content (AvgIpc) is 2.41. The minimum Gasteiger partial charge on any atom is -0.375 e. The van der Waals surface area contributed by atoms with E-state index in [2.05, 4.69) is 31.0 Å². The topological polar surface area (TPSA) is 24.5 Å². The Balaban J connectivity index is 1.59. The van der Waals surface area contributed by atoms with Gasteiger partial charge < -0.3 is 10.1 Å². The van der Waals surface area contributed by atoms with Gasteiger partial charge in [0.15, 0.2) is 0 Å². The van der Waals surface area contributed by atoms with Gasteiger partial charge in [-0.15, -0.1) is 0 Å². The Morgan fingerprint density at radius 3 is 2.70 bits per heavy atom. The van der Waals surface area contributed by atoms with Crippen LogP contribution < -0.4 is 5.32 Å². The molecule has 1 saturated carbocycles. The Morgan fingerprint density at radius 2 is 1.90 bits per heavy atom. The lowest BCUT2D eigenvalue weighted by Gasteiger charge is -2.44. The molecule has 3 heteroatoms. The van der Waals surface area contributed by atoms with Crippen molar-refractivity contribution in [2.24, 2.45) is 0 Å². The number of hydrogen-bond acceptors (Lipinski definition) is 3. The molecule has 0 amide bonds. The summed E-state index contributed by atoms with van der Waals surface area (Å²) in [4.78, 5) is 2.71. The summed E-state index contributed by atoms with van der Waals surface area (Å²) < 4.78 is 5.94. The Hall–Kier alpha value is -0.120. The number of unbranched alkanes of at least 4 members (excludes halogenated alkanes) is 2. The fraction of sp³-hybridized carbons (Fsp3) is 1.00. The molecule has 2 aliphatic rings. The van der Waals surface area contributed by atoms with Crippen LogP contribution in [0.1, 0.15) is 65.7 Å². The molecule has 1 aliphatic heterocycles. The van der Waals surface area contributed by atoms with Crippen molar-refractivity contribution in [3.63, 3.8) is 0 Å². The minimum absolute atomic E-state index is 0.263. The maximum absolute atomic E-state index is 5.94. The highest BCUT2D eigenvalue weighted by molar-refractivity contribution is 4.87. The molecule has 1 N–H and O–H groups in total. The first-order valence-electron chi connectivity index (χ1n) is 8.67. The van der Waals surface area contributed by atoms with E-state index in [0.717, 1.165) is 25.7 Å². The largest absolute Gasteiger partial charge is 0.375 e. The SMILES string of the molecule is CC(C)(C)NCCCCCN1CCOC2CCCCC21. The highest BCUT2D eigenvalue weighted by Gasteiger charge is 2.33. The summed E-state index contributed by atoms with van der Waals surface area (Å²) in [6.07, 6.45) is 9.94. The molecule has 2 atom stereocenters. The second kappa shape index (κ2) is 7.77. The predicted molar refractivity (Wildman–Crippen MR) is 85.2 cm³/mol. The third kappa shape index (κ3) is 5.34. The minimum atomic E-state index is 0.263. The van der Waals surface area contributed by atoms with Gasteiger partial charge in [-0.3, -0.25) is 4.90 Å². The van der Waals surface area contributed by atoms with Gasteiger partial charge in [0, 0.05) is 18.1 Å². The van der Waals surface area contributed by atoms with Crippen LogP contribution in [-0.2, 0) is 4.74 Å². The number of nitrogens with zero attached hydrogens (tertiary/aromatic N) is 1. The van der Waals surface area contributed by atoms with E-state index in [1.54, 1.807) is 0 Å². The van der Waals surface area contributed by atoms with Gasteiger partial charge in [-0.25, -0.2) is 0 Å². The molecular weight excluding hydrogens is 248 g/mol. The lowest BCUT2D eigenvalue weighted by atomic mass is 9.90. The van der Waals surface area contributed by atoms with Crippen LogP contribution in [0.2, 0.25) is 0 Å². The molecule has 3 nitrogen and oxygen atoms in total. The Bertz CT molecular complexity index is 273. The Morgan fingerprint density at radius 1 is 1.10 bits per heavy atom. The fourth-order valence-corrected chi connectivity index (χ4v) is 3.53. The zero-order valence-corrected chi connectivity index (χ0v) is 13.8. The van der Waals surface area contributed by atoms with E-state index in [-0.39, 0.29) is 5.54 Å². The molecule has 2 unspecified atom stereocenters. The molecule has 2 fully saturated rings. The van der Waals surface area contributed by atoms with E-state index in [1.165, 1.54) is 51.5 Å². The second-order valence-corrected chi connectivity index (χ2v) is 7.53. The van der Waals surface area contributed by atoms with Gasteiger partial charge in [-0.1, -0.05) is 19.3 Å². The van der Waals surface area contributed by atoms with Gasteiger partial charge in [-0.2, -0.15) is 0 Å². The smallest absolute Gasteiger partial charge is 0.0730 e. The number of morpholine rings is 1. The molecular formula is C17H34N2O. The van der Waals surface area contributed by atoms with Crippen molar-refractivity contribution in [2.45, 2.75) is 83.4 Å². The van der Waals surface area contributed by atoms with Gasteiger partial charge in [0.1, 0.15) is 0 Å². The van der Waals surface area contributed by atoms with Crippen LogP contribution in [0, 0.1) is 0 Å². The molecule has 1 heterocycles. The number of ether oxygens (including phenoxy) is 1. The number of fused-ring (bicyclic) bond motifs is 1. The molecule has 1 aliphatic carbocycles. The summed E-state index contributed by atoms with van der Waals surface area (Å²) >= 11 is 0. The van der Waals surface area contributed by atoms with Crippen LogP contribution in [0.5, 0.6) is 0 Å². The van der Waals surface area contributed by atoms with Crippen molar-refractivity contribution in [1.82, 2.24) is 10.2 Å². The molecule has 0 aromatic rings. The Kier molecular flexibility index (Phi) is 6.31. The van der Waals surface area contributed by atoms with Crippen LogP contribution in [0.25, 0.3) is 0 Å². The zero-order chi connectivity index (χ0) is 14.4. The molecule has 20 heavy (non-hydrogen) atoms. The standard InChI is InChI=1S/C17H34N2O/c1-17(2,3)18-11-7-4-8-12-19-13-14-20-16-10-6-5-9-15(16)19/h15-16,18H,4-14H2,1-3H3. The average molecular weight is 282 g/mol. The van der Waals surface area contributed by atoms with Crippen LogP contribution in [0.15, 0.2) is 0 Å². The second-order valence-electron chi connectivity index (χ2n) is 7.53. The molecule has 0 aromatic carbocycles. The zero-order valence-electron chi connectivity index (χ0n) is 13.8. The van der Waals surface area contributed by atoms with Crippen molar-refractivity contribution >= 4 is 0 Å². The number of nitrogens with one attached hydrogen (secondary N) is 1. The molecule has 118 valence electrons. The summed E-state index contributed by atoms with van der Waals surface area (Å²) in [5.74, 6) is 0. The molecule has 0 spiro atoms. The normalized spacial score (nSPS) is 28.4. The third-order valence-corrected chi connectivity index (χ3v) is 4.62. The van der Waals surface area contributed by atoms with Gasteiger partial charge >= 0.3 is 0 Å². The van der Waals surface area contributed by atoms with Crippen molar-refractivity contribution < 1.29 is 4.74 Å². The Labute approximate surface area is 125 Å². The van der Waals surface area contributed by atoms with E-state index >= 15 is 0 Å². The molecule has 0 bridgehead atoms. The summed E-state index contributed by atoms with van der Waals surface area (Å²) in [6.45, 7) is 11.3. The summed E-state index contributed by atoms with van der Waals surface area (Å²) in [6, 6.07) is 0.727. The van der Waals surface area contributed by atoms with E-state index in [0.29, 0.717) is 6.10 Å². The molecule has 2 rings (SSSR count). The molecule has 0 aromatic heterocycles.